The summed E-state index contributed by atoms with van der Waals surface area (Å²) >= 11 is 0. The normalized spacial score (nSPS) is 10.6. The van der Waals surface area contributed by atoms with Crippen LogP contribution in [0, 0.1) is 0 Å². The number of hydrogen-bond acceptors (Lipinski definition) is 6. The van der Waals surface area contributed by atoms with E-state index in [-0.39, 0.29) is 11.2 Å². The van der Waals surface area contributed by atoms with Crippen molar-refractivity contribution in [1.82, 2.24) is 4.98 Å². The van der Waals surface area contributed by atoms with E-state index >= 15 is 0 Å². The number of rotatable bonds is 6. The first-order valence-electron chi connectivity index (χ1n) is 8.16. The van der Waals surface area contributed by atoms with Gasteiger partial charge in [-0.05, 0) is 18.2 Å². The number of nitrogens with one attached hydrogen (secondary N) is 1. The fourth-order valence-electron chi connectivity index (χ4n) is 3.01. The summed E-state index contributed by atoms with van der Waals surface area (Å²) in [6.45, 7) is 0. The highest BCUT2D eigenvalue weighted by Gasteiger charge is 2.19. The topological polar surface area (TPSA) is 79.0 Å². The van der Waals surface area contributed by atoms with Crippen molar-refractivity contribution >= 4 is 10.9 Å². The van der Waals surface area contributed by atoms with Crippen LogP contribution in [-0.2, 0) is 0 Å². The second kappa shape index (κ2) is 7.49. The smallest absolute Gasteiger partial charge is 0.235 e. The highest BCUT2D eigenvalue weighted by molar-refractivity contribution is 5.91. The van der Waals surface area contributed by atoms with Crippen molar-refractivity contribution in [3.8, 4) is 40.0 Å². The van der Waals surface area contributed by atoms with Crippen LogP contribution in [0.5, 0.6) is 28.7 Å². The van der Waals surface area contributed by atoms with E-state index in [2.05, 4.69) is 4.98 Å². The maximum atomic E-state index is 13.1. The van der Waals surface area contributed by atoms with Gasteiger partial charge in [-0.1, -0.05) is 0 Å². The molecule has 0 aliphatic carbocycles. The van der Waals surface area contributed by atoms with Crippen molar-refractivity contribution in [2.75, 3.05) is 35.5 Å². The Labute approximate surface area is 156 Å². The summed E-state index contributed by atoms with van der Waals surface area (Å²) in [5.41, 5.74) is 1.52. The number of hydrogen-bond donors (Lipinski definition) is 1. The maximum absolute atomic E-state index is 13.1. The summed E-state index contributed by atoms with van der Waals surface area (Å²) in [6.07, 6.45) is 0. The third-order valence-corrected chi connectivity index (χ3v) is 4.33. The molecule has 0 aliphatic rings. The van der Waals surface area contributed by atoms with Crippen LogP contribution < -0.4 is 29.1 Å². The minimum Gasteiger partial charge on any atom is -0.497 e. The molecule has 0 bridgehead atoms. The van der Waals surface area contributed by atoms with Crippen LogP contribution in [0.2, 0.25) is 0 Å². The molecule has 1 N–H and O–H groups in total. The molecule has 0 atom stereocenters. The van der Waals surface area contributed by atoms with Gasteiger partial charge in [-0.2, -0.15) is 0 Å². The van der Waals surface area contributed by atoms with Gasteiger partial charge in [-0.15, -0.1) is 0 Å². The lowest BCUT2D eigenvalue weighted by molar-refractivity contribution is 0.355. The summed E-state index contributed by atoms with van der Waals surface area (Å²) in [6, 6.07) is 8.76. The summed E-state index contributed by atoms with van der Waals surface area (Å²) in [5, 5.41) is 0.388. The molecule has 0 saturated carbocycles. The molecule has 3 rings (SSSR count). The third kappa shape index (κ3) is 3.12. The Kier molecular flexibility index (Phi) is 5.12. The van der Waals surface area contributed by atoms with Gasteiger partial charge >= 0.3 is 0 Å². The number of ether oxygens (including phenoxy) is 5. The van der Waals surface area contributed by atoms with Crippen LogP contribution in [0.15, 0.2) is 35.1 Å². The second-order valence-corrected chi connectivity index (χ2v) is 5.68. The van der Waals surface area contributed by atoms with Crippen LogP contribution >= 0.6 is 0 Å². The Morgan fingerprint density at radius 2 is 1.44 bits per heavy atom. The number of fused-ring (bicyclic) bond motifs is 1. The SMILES string of the molecule is COc1cc(OC)c2c(=O)c(OC)c(-c3ccc(OC)c(OC)c3)[nH]c2c1. The van der Waals surface area contributed by atoms with Gasteiger partial charge in [0.1, 0.15) is 11.5 Å². The van der Waals surface area contributed by atoms with Gasteiger partial charge in [0.2, 0.25) is 5.43 Å². The number of benzene rings is 2. The Morgan fingerprint density at radius 1 is 0.741 bits per heavy atom. The molecule has 0 fully saturated rings. The van der Waals surface area contributed by atoms with Gasteiger partial charge in [0, 0.05) is 17.7 Å². The minimum atomic E-state index is -0.282. The molecular weight excluding hydrogens is 350 g/mol. The van der Waals surface area contributed by atoms with Crippen LogP contribution in [0.25, 0.3) is 22.2 Å². The predicted molar refractivity (Wildman–Crippen MR) is 103 cm³/mol. The molecule has 0 spiro atoms. The lowest BCUT2D eigenvalue weighted by atomic mass is 10.1. The van der Waals surface area contributed by atoms with Crippen LogP contribution in [0.4, 0.5) is 0 Å². The van der Waals surface area contributed by atoms with Gasteiger partial charge in [0.25, 0.3) is 0 Å². The first-order valence-corrected chi connectivity index (χ1v) is 8.16. The van der Waals surface area contributed by atoms with Gasteiger partial charge in [0.15, 0.2) is 17.2 Å². The van der Waals surface area contributed by atoms with Gasteiger partial charge in [-0.3, -0.25) is 4.79 Å². The quantitative estimate of drug-likeness (QED) is 0.717. The summed E-state index contributed by atoms with van der Waals surface area (Å²) in [7, 11) is 7.63. The standard InChI is InChI=1S/C20H21NO6/c1-23-12-9-13-17(16(10-12)26-4)19(22)20(27-5)18(21-13)11-6-7-14(24-2)15(8-11)25-3/h6-10H,1-5H3,(H,21,22). The number of methoxy groups -OCH3 is 5. The van der Waals surface area contributed by atoms with Gasteiger partial charge in [0.05, 0.1) is 52.1 Å². The molecule has 142 valence electrons. The number of aromatic amines is 1. The largest absolute Gasteiger partial charge is 0.497 e. The Balaban J connectivity index is 2.35. The van der Waals surface area contributed by atoms with Gasteiger partial charge < -0.3 is 28.7 Å². The lowest BCUT2D eigenvalue weighted by Crippen LogP contribution is -2.11. The number of aromatic nitrogens is 1. The average molecular weight is 371 g/mol. The molecule has 27 heavy (non-hydrogen) atoms. The summed E-state index contributed by atoms with van der Waals surface area (Å²) in [5.74, 6) is 2.28. The molecule has 1 heterocycles. The number of H-pyrrole nitrogens is 1. The average Bonchev–Trinajstić information content (AvgIpc) is 2.71. The molecule has 0 radical (unpaired) electrons. The zero-order valence-electron chi connectivity index (χ0n) is 15.8. The van der Waals surface area contributed by atoms with E-state index < -0.39 is 0 Å². The highest BCUT2D eigenvalue weighted by Crippen LogP contribution is 2.37. The first kappa shape index (κ1) is 18.4. The van der Waals surface area contributed by atoms with Crippen molar-refractivity contribution in [1.29, 1.82) is 0 Å². The van der Waals surface area contributed by atoms with E-state index in [9.17, 15) is 4.79 Å². The van der Waals surface area contributed by atoms with Crippen LogP contribution in [0.3, 0.4) is 0 Å². The Hall–Kier alpha value is -3.35. The van der Waals surface area contributed by atoms with Crippen LogP contribution in [0.1, 0.15) is 0 Å². The maximum Gasteiger partial charge on any atom is 0.235 e. The monoisotopic (exact) mass is 371 g/mol. The molecule has 0 unspecified atom stereocenters. The molecule has 1 aromatic heterocycles. The van der Waals surface area contributed by atoms with Crippen molar-refractivity contribution < 1.29 is 23.7 Å². The zero-order chi connectivity index (χ0) is 19.6. The van der Waals surface area contributed by atoms with Gasteiger partial charge in [-0.25, -0.2) is 0 Å². The fraction of sp³-hybridized carbons (Fsp3) is 0.250. The molecule has 0 saturated heterocycles. The van der Waals surface area contributed by atoms with Crippen molar-refractivity contribution in [3.63, 3.8) is 0 Å². The second-order valence-electron chi connectivity index (χ2n) is 5.68. The lowest BCUT2D eigenvalue weighted by Gasteiger charge is -2.15. The van der Waals surface area contributed by atoms with Crippen molar-refractivity contribution in [2.45, 2.75) is 0 Å². The van der Waals surface area contributed by atoms with E-state index in [0.29, 0.717) is 45.2 Å². The number of pyridine rings is 1. The van der Waals surface area contributed by atoms with Crippen molar-refractivity contribution in [2.24, 2.45) is 0 Å². The molecule has 0 aliphatic heterocycles. The Bertz CT molecular complexity index is 1040. The molecule has 7 nitrogen and oxygen atoms in total. The molecule has 0 amide bonds. The zero-order valence-corrected chi connectivity index (χ0v) is 15.8. The predicted octanol–water partition coefficient (Wildman–Crippen LogP) is 3.24. The van der Waals surface area contributed by atoms with Crippen LogP contribution in [-0.4, -0.2) is 40.5 Å². The van der Waals surface area contributed by atoms with Crippen molar-refractivity contribution in [3.05, 3.63) is 40.6 Å². The fourth-order valence-corrected chi connectivity index (χ4v) is 3.01. The van der Waals surface area contributed by atoms with E-state index in [1.165, 1.54) is 14.2 Å². The summed E-state index contributed by atoms with van der Waals surface area (Å²) in [4.78, 5) is 16.3. The third-order valence-electron chi connectivity index (χ3n) is 4.33. The minimum absolute atomic E-state index is 0.179. The molecule has 2 aromatic carbocycles. The van der Waals surface area contributed by atoms with E-state index in [4.69, 9.17) is 23.7 Å². The van der Waals surface area contributed by atoms with E-state index in [0.717, 1.165) is 0 Å². The Morgan fingerprint density at radius 3 is 2.04 bits per heavy atom. The molecule has 3 aromatic rings. The molecular formula is C20H21NO6. The van der Waals surface area contributed by atoms with E-state index in [1.807, 2.05) is 6.07 Å². The highest BCUT2D eigenvalue weighted by atomic mass is 16.5. The van der Waals surface area contributed by atoms with E-state index in [1.54, 1.807) is 45.6 Å². The molecule has 7 heteroatoms. The first-order chi connectivity index (χ1) is 13.1. The summed E-state index contributed by atoms with van der Waals surface area (Å²) < 4.78 is 26.7.